The van der Waals surface area contributed by atoms with E-state index in [0.29, 0.717) is 18.4 Å². The summed E-state index contributed by atoms with van der Waals surface area (Å²) < 4.78 is 30.5. The number of sulfone groups is 1. The molecule has 150 valence electrons. The molecule has 1 aromatic carbocycles. The van der Waals surface area contributed by atoms with Gasteiger partial charge in [-0.15, -0.1) is 0 Å². The third-order valence-corrected chi connectivity index (χ3v) is 8.05. The second-order valence-electron chi connectivity index (χ2n) is 7.65. The minimum Gasteiger partial charge on any atom is -0.454 e. The van der Waals surface area contributed by atoms with Crippen LogP contribution in [0.5, 0.6) is 0 Å². The highest BCUT2D eigenvalue weighted by Crippen LogP contribution is 2.42. The lowest BCUT2D eigenvalue weighted by Gasteiger charge is -2.28. The Morgan fingerprint density at radius 3 is 2.33 bits per heavy atom. The maximum atomic E-state index is 13.5. The molecule has 1 saturated carbocycles. The molecule has 0 radical (unpaired) electrons. The Balaban J connectivity index is 2.33. The SMILES string of the molecule is Cc1ccc(C)c(S(=O)(=O)C2(C(=O)OCC(=O)N(C)C(C)C)CCCC2)c1. The minimum absolute atomic E-state index is 0.0321. The molecule has 6 nitrogen and oxygen atoms in total. The molecule has 1 aromatic rings. The van der Waals surface area contributed by atoms with Crippen molar-refractivity contribution in [2.24, 2.45) is 0 Å². The van der Waals surface area contributed by atoms with Gasteiger partial charge in [0.15, 0.2) is 21.2 Å². The Labute approximate surface area is 161 Å². The zero-order valence-electron chi connectivity index (χ0n) is 16.7. The topological polar surface area (TPSA) is 80.7 Å². The van der Waals surface area contributed by atoms with Crippen molar-refractivity contribution in [3.8, 4) is 0 Å². The van der Waals surface area contributed by atoms with Crippen LogP contribution < -0.4 is 0 Å². The van der Waals surface area contributed by atoms with Gasteiger partial charge in [-0.1, -0.05) is 25.0 Å². The van der Waals surface area contributed by atoms with Gasteiger partial charge < -0.3 is 9.64 Å². The summed E-state index contributed by atoms with van der Waals surface area (Å²) >= 11 is 0. The van der Waals surface area contributed by atoms with Crippen molar-refractivity contribution in [3.63, 3.8) is 0 Å². The fourth-order valence-corrected chi connectivity index (χ4v) is 5.74. The standard InChI is InChI=1S/C20H29NO5S/c1-14(2)21(5)18(22)13-26-19(23)20(10-6-7-11-20)27(24,25)17-12-15(3)8-9-16(17)4/h8-9,12,14H,6-7,10-11,13H2,1-5H3. The number of hydrogen-bond acceptors (Lipinski definition) is 5. The molecule has 2 rings (SSSR count). The number of nitrogens with zero attached hydrogens (tertiary/aromatic N) is 1. The van der Waals surface area contributed by atoms with E-state index in [2.05, 4.69) is 0 Å². The number of benzene rings is 1. The molecule has 0 spiro atoms. The molecule has 0 unspecified atom stereocenters. The zero-order chi connectivity index (χ0) is 20.4. The highest BCUT2D eigenvalue weighted by Gasteiger charge is 2.54. The van der Waals surface area contributed by atoms with Crippen LogP contribution in [0.2, 0.25) is 0 Å². The molecule has 0 atom stereocenters. The number of likely N-dealkylation sites (N-methyl/N-ethyl adjacent to an activating group) is 1. The summed E-state index contributed by atoms with van der Waals surface area (Å²) in [6, 6.07) is 5.16. The van der Waals surface area contributed by atoms with E-state index >= 15 is 0 Å². The summed E-state index contributed by atoms with van der Waals surface area (Å²) in [6.07, 6.45) is 1.71. The van der Waals surface area contributed by atoms with E-state index in [4.69, 9.17) is 4.74 Å². The van der Waals surface area contributed by atoms with Gasteiger partial charge in [-0.3, -0.25) is 9.59 Å². The summed E-state index contributed by atoms with van der Waals surface area (Å²) in [4.78, 5) is 26.7. The molecule has 0 heterocycles. The highest BCUT2D eigenvalue weighted by atomic mass is 32.2. The summed E-state index contributed by atoms with van der Waals surface area (Å²) in [6.45, 7) is 6.80. The number of carbonyl (C=O) groups is 2. The van der Waals surface area contributed by atoms with E-state index in [1.54, 1.807) is 26.1 Å². The fourth-order valence-electron chi connectivity index (χ4n) is 3.38. The summed E-state index contributed by atoms with van der Waals surface area (Å²) in [7, 11) is -2.31. The third kappa shape index (κ3) is 4.03. The average molecular weight is 396 g/mol. The van der Waals surface area contributed by atoms with Gasteiger partial charge in [-0.2, -0.15) is 0 Å². The van der Waals surface area contributed by atoms with E-state index in [1.165, 1.54) is 4.90 Å². The maximum absolute atomic E-state index is 13.5. The van der Waals surface area contributed by atoms with Crippen molar-refractivity contribution in [2.75, 3.05) is 13.7 Å². The number of aryl methyl sites for hydroxylation is 2. The van der Waals surface area contributed by atoms with E-state index in [9.17, 15) is 18.0 Å². The number of amides is 1. The van der Waals surface area contributed by atoms with Crippen LogP contribution in [0, 0.1) is 13.8 Å². The smallest absolute Gasteiger partial charge is 0.328 e. The second kappa shape index (κ2) is 8.00. The van der Waals surface area contributed by atoms with Gasteiger partial charge in [0.2, 0.25) is 0 Å². The largest absolute Gasteiger partial charge is 0.454 e. The van der Waals surface area contributed by atoms with E-state index in [0.717, 1.165) is 5.56 Å². The van der Waals surface area contributed by atoms with Gasteiger partial charge in [-0.05, 0) is 57.7 Å². The number of ether oxygens (including phenoxy) is 1. The van der Waals surface area contributed by atoms with Gasteiger partial charge in [-0.25, -0.2) is 8.42 Å². The lowest BCUT2D eigenvalue weighted by molar-refractivity contribution is -0.154. The lowest BCUT2D eigenvalue weighted by Crippen LogP contribution is -2.47. The number of rotatable bonds is 6. The monoisotopic (exact) mass is 395 g/mol. The highest BCUT2D eigenvalue weighted by molar-refractivity contribution is 7.93. The fraction of sp³-hybridized carbons (Fsp3) is 0.600. The van der Waals surface area contributed by atoms with Crippen LogP contribution in [0.1, 0.15) is 50.7 Å². The van der Waals surface area contributed by atoms with Gasteiger partial charge in [0, 0.05) is 13.1 Å². The van der Waals surface area contributed by atoms with Crippen molar-refractivity contribution in [2.45, 2.75) is 69.1 Å². The van der Waals surface area contributed by atoms with Gasteiger partial charge >= 0.3 is 5.97 Å². The Kier molecular flexibility index (Phi) is 6.35. The number of esters is 1. The Bertz CT molecular complexity index is 823. The Morgan fingerprint density at radius 1 is 1.19 bits per heavy atom. The van der Waals surface area contributed by atoms with Gasteiger partial charge in [0.05, 0.1) is 4.90 Å². The molecule has 0 saturated heterocycles. The maximum Gasteiger partial charge on any atom is 0.328 e. The van der Waals surface area contributed by atoms with E-state index in [-0.39, 0.29) is 29.7 Å². The van der Waals surface area contributed by atoms with Crippen molar-refractivity contribution >= 4 is 21.7 Å². The molecule has 0 N–H and O–H groups in total. The first-order chi connectivity index (χ1) is 12.5. The zero-order valence-corrected chi connectivity index (χ0v) is 17.6. The molecule has 7 heteroatoms. The summed E-state index contributed by atoms with van der Waals surface area (Å²) in [5, 5.41) is 0. The molecule has 27 heavy (non-hydrogen) atoms. The molecular weight excluding hydrogens is 366 g/mol. The van der Waals surface area contributed by atoms with Crippen LogP contribution >= 0.6 is 0 Å². The van der Waals surface area contributed by atoms with Gasteiger partial charge in [0.25, 0.3) is 5.91 Å². The van der Waals surface area contributed by atoms with Crippen LogP contribution in [0.25, 0.3) is 0 Å². The molecular formula is C20H29NO5S. The quantitative estimate of drug-likeness (QED) is 0.692. The van der Waals surface area contributed by atoms with E-state index < -0.39 is 27.2 Å². The van der Waals surface area contributed by atoms with Crippen LogP contribution in [0.3, 0.4) is 0 Å². The molecule has 1 aliphatic carbocycles. The van der Waals surface area contributed by atoms with Crippen molar-refractivity contribution in [1.29, 1.82) is 0 Å². The first-order valence-electron chi connectivity index (χ1n) is 9.28. The first-order valence-corrected chi connectivity index (χ1v) is 10.8. The minimum atomic E-state index is -3.94. The number of carbonyl (C=O) groups excluding carboxylic acids is 2. The predicted molar refractivity (Wildman–Crippen MR) is 103 cm³/mol. The molecule has 1 fully saturated rings. The van der Waals surface area contributed by atoms with Crippen LogP contribution in [0.15, 0.2) is 23.1 Å². The van der Waals surface area contributed by atoms with Crippen LogP contribution in [-0.2, 0) is 24.2 Å². The molecule has 0 aromatic heterocycles. The van der Waals surface area contributed by atoms with Crippen molar-refractivity contribution in [3.05, 3.63) is 29.3 Å². The van der Waals surface area contributed by atoms with Crippen LogP contribution in [-0.4, -0.2) is 49.6 Å². The van der Waals surface area contributed by atoms with Crippen molar-refractivity contribution in [1.82, 2.24) is 4.90 Å². The third-order valence-electron chi connectivity index (χ3n) is 5.43. The average Bonchev–Trinajstić information content (AvgIpc) is 3.12. The van der Waals surface area contributed by atoms with Gasteiger partial charge in [0.1, 0.15) is 0 Å². The normalized spacial score (nSPS) is 16.4. The Morgan fingerprint density at radius 2 is 1.78 bits per heavy atom. The molecule has 0 bridgehead atoms. The molecule has 1 aliphatic rings. The second-order valence-corrected chi connectivity index (χ2v) is 9.88. The summed E-state index contributed by atoms with van der Waals surface area (Å²) in [5.41, 5.74) is 1.42. The van der Waals surface area contributed by atoms with Crippen molar-refractivity contribution < 1.29 is 22.7 Å². The molecule has 1 amide bonds. The first kappa shape index (κ1) is 21.4. The Hall–Kier alpha value is -1.89. The lowest BCUT2D eigenvalue weighted by atomic mass is 10.1. The molecule has 0 aliphatic heterocycles. The predicted octanol–water partition coefficient (Wildman–Crippen LogP) is 2.80. The number of hydrogen-bond donors (Lipinski definition) is 0. The van der Waals surface area contributed by atoms with E-state index in [1.807, 2.05) is 26.8 Å². The van der Waals surface area contributed by atoms with Crippen LogP contribution in [0.4, 0.5) is 0 Å². The summed E-state index contributed by atoms with van der Waals surface area (Å²) in [5.74, 6) is -1.16.